The molecule has 4 N–H and O–H groups in total. The van der Waals surface area contributed by atoms with Crippen LogP contribution in [0.1, 0.15) is 148 Å². The van der Waals surface area contributed by atoms with Crippen LogP contribution in [0.15, 0.2) is 35.6 Å². The highest BCUT2D eigenvalue weighted by atomic mass is 16.5. The van der Waals surface area contributed by atoms with E-state index in [1.807, 2.05) is 0 Å². The van der Waals surface area contributed by atoms with Crippen molar-refractivity contribution in [1.82, 2.24) is 21.3 Å². The average Bonchev–Trinajstić information content (AvgIpc) is 3.76. The maximum Gasteiger partial charge on any atom is 0.102 e. The zero-order valence-corrected chi connectivity index (χ0v) is 31.6. The van der Waals surface area contributed by atoms with Gasteiger partial charge in [-0.3, -0.25) is 16.0 Å². The van der Waals surface area contributed by atoms with Crippen molar-refractivity contribution in [2.45, 2.75) is 197 Å². The number of hydrogen-bond donors (Lipinski definition) is 4. The Morgan fingerprint density at radius 1 is 0.569 bits per heavy atom. The molecule has 3 heterocycles. The van der Waals surface area contributed by atoms with Gasteiger partial charge in [0, 0.05) is 23.9 Å². The second-order valence-electron chi connectivity index (χ2n) is 19.3. The molecule has 6 nitrogen and oxygen atoms in total. The van der Waals surface area contributed by atoms with Crippen molar-refractivity contribution in [2.24, 2.45) is 47.3 Å². The molecule has 4 saturated carbocycles. The van der Waals surface area contributed by atoms with Gasteiger partial charge in [0.15, 0.2) is 0 Å². The largest absolute Gasteiger partial charge is 0.494 e. The zero-order chi connectivity index (χ0) is 33.7. The number of fused-ring (bicyclic) bond motifs is 6. The fourth-order valence-electron chi connectivity index (χ4n) is 14.0. The van der Waals surface area contributed by atoms with Crippen molar-refractivity contribution >= 4 is 0 Å². The molecule has 7 aliphatic carbocycles. The molecule has 14 atom stereocenters. The first kappa shape index (κ1) is 34.3. The van der Waals surface area contributed by atoms with Gasteiger partial charge in [-0.2, -0.15) is 0 Å². The minimum atomic E-state index is 0.234. The summed E-state index contributed by atoms with van der Waals surface area (Å²) in [5.74, 6) is 7.28. The van der Waals surface area contributed by atoms with Crippen LogP contribution in [0.2, 0.25) is 0 Å². The smallest absolute Gasteiger partial charge is 0.102 e. The minimum Gasteiger partial charge on any atom is -0.494 e. The van der Waals surface area contributed by atoms with Crippen LogP contribution in [0.3, 0.4) is 0 Å². The van der Waals surface area contributed by atoms with Gasteiger partial charge in [0.2, 0.25) is 0 Å². The van der Waals surface area contributed by atoms with Crippen molar-refractivity contribution in [3.05, 3.63) is 35.6 Å². The number of ether oxygens (including phenoxy) is 2. The Morgan fingerprint density at radius 3 is 2.16 bits per heavy atom. The van der Waals surface area contributed by atoms with Gasteiger partial charge >= 0.3 is 0 Å². The molecule has 14 unspecified atom stereocenters. The molecule has 0 aromatic heterocycles. The summed E-state index contributed by atoms with van der Waals surface area (Å²) in [5, 5.41) is 16.9. The highest BCUT2D eigenvalue weighted by molar-refractivity contribution is 5.26. The summed E-state index contributed by atoms with van der Waals surface area (Å²) < 4.78 is 14.1. The zero-order valence-electron chi connectivity index (χ0n) is 31.6. The van der Waals surface area contributed by atoms with E-state index in [1.165, 1.54) is 153 Å². The molecule has 0 aromatic rings. The maximum atomic E-state index is 7.33. The van der Waals surface area contributed by atoms with E-state index >= 15 is 0 Å². The lowest BCUT2D eigenvalue weighted by Gasteiger charge is -2.48. The number of nitrogens with one attached hydrogen (secondary N) is 4. The van der Waals surface area contributed by atoms with Gasteiger partial charge in [-0.15, -0.1) is 0 Å². The SMILES string of the molecule is C1=CC(NC2CCCCC2)C(C2CCC3C(C2)OC2=C(C4NC(C5CCCCC5)NC(C5CCC6C(C5)OC5C=CCCC56)N4)CCCC23)CC1. The molecule has 51 heavy (non-hydrogen) atoms. The standard InChI is InChI=1S/C45H70N4O2/c1-3-12-28(13-4-1)43-47-44(30-23-25-34-33-17-8-10-21-39(33)50-40(34)27-30)49-45(48-43)37-19-11-18-36-35-24-22-29(26-41(35)51-42(36)37)32-16-7-9-20-38(32)46-31-14-5-2-6-15-31/h9-10,20-21,28-36,38-41,43-49H,1-8,11-19,22-27H2. The van der Waals surface area contributed by atoms with Crippen molar-refractivity contribution in [1.29, 1.82) is 0 Å². The van der Waals surface area contributed by atoms with Crippen LogP contribution in [0, 0.1) is 47.3 Å². The summed E-state index contributed by atoms with van der Waals surface area (Å²) in [6.07, 6.45) is 43.0. The van der Waals surface area contributed by atoms with E-state index in [1.54, 1.807) is 5.57 Å². The van der Waals surface area contributed by atoms with Crippen LogP contribution in [-0.2, 0) is 9.47 Å². The second-order valence-corrected chi connectivity index (χ2v) is 19.3. The van der Waals surface area contributed by atoms with Crippen LogP contribution in [-0.4, -0.2) is 48.9 Å². The lowest BCUT2D eigenvalue weighted by Crippen LogP contribution is -2.71. The van der Waals surface area contributed by atoms with E-state index in [0.717, 1.165) is 41.5 Å². The molecule has 0 bridgehead atoms. The van der Waals surface area contributed by atoms with E-state index in [9.17, 15) is 0 Å². The molecule has 282 valence electrons. The summed E-state index contributed by atoms with van der Waals surface area (Å²) in [6, 6.07) is 1.31. The number of allylic oxidation sites excluding steroid dienone is 3. The number of rotatable bonds is 6. The molecular weight excluding hydrogens is 629 g/mol. The van der Waals surface area contributed by atoms with Gasteiger partial charge in [0.1, 0.15) is 11.9 Å². The first-order valence-corrected chi connectivity index (χ1v) is 22.7. The van der Waals surface area contributed by atoms with Gasteiger partial charge in [-0.25, -0.2) is 0 Å². The minimum absolute atomic E-state index is 0.234. The molecule has 6 heteroatoms. The third kappa shape index (κ3) is 6.87. The lowest BCUT2D eigenvalue weighted by molar-refractivity contribution is 0.00197. The summed E-state index contributed by atoms with van der Waals surface area (Å²) >= 11 is 0. The topological polar surface area (TPSA) is 66.6 Å². The van der Waals surface area contributed by atoms with Crippen LogP contribution in [0.4, 0.5) is 0 Å². The van der Waals surface area contributed by atoms with Crippen molar-refractivity contribution in [3.8, 4) is 0 Å². The molecule has 0 aromatic carbocycles. The first-order chi connectivity index (χ1) is 25.2. The molecule has 0 spiro atoms. The highest BCUT2D eigenvalue weighted by Crippen LogP contribution is 2.53. The van der Waals surface area contributed by atoms with Crippen molar-refractivity contribution in [3.63, 3.8) is 0 Å². The summed E-state index contributed by atoms with van der Waals surface area (Å²) in [7, 11) is 0. The van der Waals surface area contributed by atoms with Gasteiger partial charge in [-0.1, -0.05) is 62.8 Å². The average molecular weight is 699 g/mol. The van der Waals surface area contributed by atoms with Crippen LogP contribution >= 0.6 is 0 Å². The Labute approximate surface area is 309 Å². The summed E-state index contributed by atoms with van der Waals surface area (Å²) in [5.41, 5.74) is 1.60. The fourth-order valence-corrected chi connectivity index (χ4v) is 14.0. The van der Waals surface area contributed by atoms with Crippen LogP contribution in [0.5, 0.6) is 0 Å². The van der Waals surface area contributed by atoms with Crippen LogP contribution in [0.25, 0.3) is 0 Å². The Bertz CT molecular complexity index is 1300. The Morgan fingerprint density at radius 2 is 1.29 bits per heavy atom. The normalized spacial score (nSPS) is 47.7. The molecule has 7 fully saturated rings. The van der Waals surface area contributed by atoms with E-state index < -0.39 is 0 Å². The van der Waals surface area contributed by atoms with Crippen molar-refractivity contribution < 1.29 is 9.47 Å². The van der Waals surface area contributed by atoms with Crippen molar-refractivity contribution in [2.75, 3.05) is 0 Å². The monoisotopic (exact) mass is 699 g/mol. The van der Waals surface area contributed by atoms with E-state index in [4.69, 9.17) is 9.47 Å². The highest BCUT2D eigenvalue weighted by Gasteiger charge is 2.52. The Balaban J connectivity index is 0.858. The molecule has 0 amide bonds. The molecular formula is C45H70N4O2. The lowest BCUT2D eigenvalue weighted by atomic mass is 9.66. The van der Waals surface area contributed by atoms with Gasteiger partial charge in [-0.05, 0) is 150 Å². The number of hydrogen-bond acceptors (Lipinski definition) is 6. The quantitative estimate of drug-likeness (QED) is 0.209. The molecule has 10 rings (SSSR count). The Hall–Kier alpha value is -1.18. The molecule has 3 saturated heterocycles. The van der Waals surface area contributed by atoms with Crippen LogP contribution < -0.4 is 21.3 Å². The first-order valence-electron chi connectivity index (χ1n) is 22.7. The molecule has 0 radical (unpaired) electrons. The van der Waals surface area contributed by atoms with E-state index in [-0.39, 0.29) is 6.17 Å². The van der Waals surface area contributed by atoms with Gasteiger partial charge < -0.3 is 14.8 Å². The fraction of sp³-hybridized carbons (Fsp3) is 0.867. The summed E-state index contributed by atoms with van der Waals surface area (Å²) in [6.45, 7) is 0. The third-order valence-electron chi connectivity index (χ3n) is 16.6. The predicted octanol–water partition coefficient (Wildman–Crippen LogP) is 8.60. The summed E-state index contributed by atoms with van der Waals surface area (Å²) in [4.78, 5) is 0. The molecule has 3 aliphatic heterocycles. The van der Waals surface area contributed by atoms with Gasteiger partial charge in [0.25, 0.3) is 0 Å². The Kier molecular flexibility index (Phi) is 10.2. The van der Waals surface area contributed by atoms with Gasteiger partial charge in [0.05, 0.1) is 30.7 Å². The predicted molar refractivity (Wildman–Crippen MR) is 204 cm³/mol. The van der Waals surface area contributed by atoms with E-state index in [2.05, 4.69) is 45.6 Å². The maximum absolute atomic E-state index is 7.33. The third-order valence-corrected chi connectivity index (χ3v) is 16.6. The second kappa shape index (κ2) is 15.2. The van der Waals surface area contributed by atoms with E-state index in [0.29, 0.717) is 48.5 Å². The molecule has 10 aliphatic rings.